The number of phosphoric ester groups is 2. The minimum Gasteiger partial charge on any atom is -0.394 e. The van der Waals surface area contributed by atoms with Crippen LogP contribution in [-0.2, 0) is 34.3 Å². The van der Waals surface area contributed by atoms with Gasteiger partial charge in [0.1, 0.15) is 48.4 Å². The summed E-state index contributed by atoms with van der Waals surface area (Å²) in [6.45, 7) is -3.03. The second-order valence-electron chi connectivity index (χ2n) is 7.39. The molecule has 10 N–H and O–H groups in total. The van der Waals surface area contributed by atoms with Crippen LogP contribution in [-0.4, -0.2) is 128 Å². The van der Waals surface area contributed by atoms with Crippen molar-refractivity contribution in [3.8, 4) is 0 Å². The first-order chi connectivity index (χ1) is 16.1. The molecule has 0 aromatic carbocycles. The normalized spacial score (nSPS) is 27.0. The van der Waals surface area contributed by atoms with Crippen LogP contribution in [0.4, 0.5) is 0 Å². The van der Waals surface area contributed by atoms with Crippen LogP contribution in [0.5, 0.6) is 0 Å². The SMILES string of the molecule is O=P(O)(O)OC[C@H](O)[C@@H](O)[C@H](O)[C@@H](CO)OCc1cn([C@@H]2O[C@H](COP(=O)(O)O)[C@@H](O)[C@H]2O)nn1. The van der Waals surface area contributed by atoms with Crippen molar-refractivity contribution < 1.29 is 77.9 Å². The maximum atomic E-state index is 10.8. The summed E-state index contributed by atoms with van der Waals surface area (Å²) in [5, 5.41) is 66.7. The van der Waals surface area contributed by atoms with Gasteiger partial charge in [-0.25, -0.2) is 13.8 Å². The highest BCUT2D eigenvalue weighted by Gasteiger charge is 2.45. The predicted molar refractivity (Wildman–Crippen MR) is 106 cm³/mol. The average molecular weight is 555 g/mol. The third kappa shape index (κ3) is 9.13. The van der Waals surface area contributed by atoms with Crippen molar-refractivity contribution in [2.24, 2.45) is 0 Å². The average Bonchev–Trinajstić information content (AvgIpc) is 3.34. The molecule has 19 nitrogen and oxygen atoms in total. The van der Waals surface area contributed by atoms with Gasteiger partial charge in [0.2, 0.25) is 0 Å². The number of phosphoric acid groups is 2. The predicted octanol–water partition coefficient (Wildman–Crippen LogP) is -4.92. The van der Waals surface area contributed by atoms with Gasteiger partial charge in [-0.05, 0) is 0 Å². The first-order valence-electron chi connectivity index (χ1n) is 9.72. The molecule has 0 unspecified atom stereocenters. The summed E-state index contributed by atoms with van der Waals surface area (Å²) in [5.41, 5.74) is 0.0516. The van der Waals surface area contributed by atoms with E-state index in [1.165, 1.54) is 6.20 Å². The molecule has 35 heavy (non-hydrogen) atoms. The molecule has 1 fully saturated rings. The summed E-state index contributed by atoms with van der Waals surface area (Å²) < 4.78 is 41.3. The smallest absolute Gasteiger partial charge is 0.394 e. The van der Waals surface area contributed by atoms with E-state index in [1.807, 2.05) is 0 Å². The van der Waals surface area contributed by atoms with Crippen LogP contribution < -0.4 is 0 Å². The van der Waals surface area contributed by atoms with Crippen LogP contribution in [0.1, 0.15) is 11.9 Å². The van der Waals surface area contributed by atoms with Crippen molar-refractivity contribution in [2.45, 2.75) is 55.6 Å². The van der Waals surface area contributed by atoms with Gasteiger partial charge in [-0.1, -0.05) is 5.21 Å². The highest BCUT2D eigenvalue weighted by molar-refractivity contribution is 7.46. The summed E-state index contributed by atoms with van der Waals surface area (Å²) >= 11 is 0. The van der Waals surface area contributed by atoms with Gasteiger partial charge < -0.3 is 59.7 Å². The standard InChI is InChI=1S/C14H27N3O16P2/c18-2-8(11(21)10(20)7(19)4-31-34(24,25)26)30-3-6-1-17(16-15-6)14-13(23)12(22)9(33-14)5-32-35(27,28)29/h1,7-14,18-23H,2-5H2,(H2,24,25,26)(H2,27,28,29)/t7-,8+,9+,10+,11+,12+,13+,14+/m0/s1. The zero-order valence-corrected chi connectivity index (χ0v) is 19.5. The van der Waals surface area contributed by atoms with Gasteiger partial charge >= 0.3 is 15.6 Å². The van der Waals surface area contributed by atoms with Crippen molar-refractivity contribution in [1.29, 1.82) is 0 Å². The van der Waals surface area contributed by atoms with Crippen molar-refractivity contribution in [3.05, 3.63) is 11.9 Å². The highest BCUT2D eigenvalue weighted by Crippen LogP contribution is 2.38. The third-order valence-corrected chi connectivity index (χ3v) is 5.70. The Morgan fingerprint density at radius 2 is 1.66 bits per heavy atom. The lowest BCUT2D eigenvalue weighted by atomic mass is 10.0. The lowest BCUT2D eigenvalue weighted by Gasteiger charge is -2.28. The fourth-order valence-corrected chi connectivity index (χ4v) is 3.62. The molecule has 1 aliphatic rings. The van der Waals surface area contributed by atoms with E-state index in [4.69, 9.17) is 29.0 Å². The molecule has 0 radical (unpaired) electrons. The topological polar surface area (TPSA) is 304 Å². The van der Waals surface area contributed by atoms with Crippen LogP contribution in [0.3, 0.4) is 0 Å². The summed E-state index contributed by atoms with van der Waals surface area (Å²) in [7, 11) is -9.79. The van der Waals surface area contributed by atoms with Gasteiger partial charge in [0, 0.05) is 0 Å². The number of aromatic nitrogens is 3. The Kier molecular flexibility index (Phi) is 10.8. The summed E-state index contributed by atoms with van der Waals surface area (Å²) in [4.78, 5) is 34.7. The van der Waals surface area contributed by atoms with Crippen LogP contribution >= 0.6 is 15.6 Å². The van der Waals surface area contributed by atoms with Crippen molar-refractivity contribution in [3.63, 3.8) is 0 Å². The van der Waals surface area contributed by atoms with E-state index in [0.29, 0.717) is 0 Å². The number of aliphatic hydroxyl groups excluding tert-OH is 6. The molecule has 0 amide bonds. The molecule has 0 bridgehead atoms. The van der Waals surface area contributed by atoms with E-state index < -0.39 is 91.0 Å². The Morgan fingerprint density at radius 3 is 2.23 bits per heavy atom. The van der Waals surface area contributed by atoms with Crippen LogP contribution in [0, 0.1) is 0 Å². The molecule has 21 heteroatoms. The van der Waals surface area contributed by atoms with Gasteiger partial charge in [-0.2, -0.15) is 0 Å². The first kappa shape index (κ1) is 30.3. The zero-order chi connectivity index (χ0) is 26.6. The monoisotopic (exact) mass is 555 g/mol. The van der Waals surface area contributed by atoms with Gasteiger partial charge in [-0.3, -0.25) is 9.05 Å². The van der Waals surface area contributed by atoms with Crippen LogP contribution in [0.2, 0.25) is 0 Å². The van der Waals surface area contributed by atoms with Gasteiger partial charge in [-0.15, -0.1) is 5.10 Å². The molecule has 1 aromatic rings. The Labute approximate surface area is 196 Å². The van der Waals surface area contributed by atoms with E-state index in [2.05, 4.69) is 19.4 Å². The van der Waals surface area contributed by atoms with E-state index in [9.17, 15) is 39.8 Å². The van der Waals surface area contributed by atoms with E-state index >= 15 is 0 Å². The maximum Gasteiger partial charge on any atom is 0.469 e. The van der Waals surface area contributed by atoms with Gasteiger partial charge in [0.15, 0.2) is 6.23 Å². The quantitative estimate of drug-likeness (QED) is 0.0961. The Balaban J connectivity index is 1.93. The first-order valence-corrected chi connectivity index (χ1v) is 12.8. The number of hydrogen-bond donors (Lipinski definition) is 10. The largest absolute Gasteiger partial charge is 0.469 e. The number of hydrogen-bond acceptors (Lipinski definition) is 14. The van der Waals surface area contributed by atoms with Crippen molar-refractivity contribution in [1.82, 2.24) is 15.0 Å². The molecular weight excluding hydrogens is 528 g/mol. The molecule has 1 saturated heterocycles. The Hall–Kier alpha value is -0.960. The second-order valence-corrected chi connectivity index (χ2v) is 9.87. The molecule has 8 atom stereocenters. The van der Waals surface area contributed by atoms with E-state index in [0.717, 1.165) is 4.68 Å². The third-order valence-electron chi connectivity index (χ3n) is 4.73. The van der Waals surface area contributed by atoms with Crippen LogP contribution in [0.25, 0.3) is 0 Å². The molecule has 2 heterocycles. The zero-order valence-electron chi connectivity index (χ0n) is 17.7. The molecular formula is C14H27N3O16P2. The minimum absolute atomic E-state index is 0.0516. The molecule has 0 spiro atoms. The summed E-state index contributed by atoms with van der Waals surface area (Å²) in [5.74, 6) is 0. The number of aliphatic hydroxyl groups is 6. The molecule has 1 aliphatic heterocycles. The van der Waals surface area contributed by atoms with Crippen molar-refractivity contribution in [2.75, 3.05) is 19.8 Å². The number of ether oxygens (including phenoxy) is 2. The van der Waals surface area contributed by atoms with Crippen LogP contribution in [0.15, 0.2) is 6.20 Å². The molecule has 0 aliphatic carbocycles. The lowest BCUT2D eigenvalue weighted by molar-refractivity contribution is -0.144. The summed E-state index contributed by atoms with van der Waals surface area (Å²) in [6.07, 6.45) is -12.0. The Bertz CT molecular complexity index is 893. The fourth-order valence-electron chi connectivity index (χ4n) is 2.93. The van der Waals surface area contributed by atoms with Crippen molar-refractivity contribution >= 4 is 15.6 Å². The minimum atomic E-state index is -4.94. The number of nitrogens with zero attached hydrogens (tertiary/aromatic N) is 3. The number of rotatable bonds is 14. The maximum absolute atomic E-state index is 10.8. The van der Waals surface area contributed by atoms with E-state index in [1.54, 1.807) is 0 Å². The highest BCUT2D eigenvalue weighted by atomic mass is 31.2. The molecule has 204 valence electrons. The van der Waals surface area contributed by atoms with Gasteiger partial charge in [0.25, 0.3) is 0 Å². The molecule has 2 rings (SSSR count). The Morgan fingerprint density at radius 1 is 1.03 bits per heavy atom. The van der Waals surface area contributed by atoms with Gasteiger partial charge in [0.05, 0.1) is 32.6 Å². The molecule has 1 aromatic heterocycles. The molecule has 0 saturated carbocycles. The summed E-state index contributed by atoms with van der Waals surface area (Å²) in [6, 6.07) is 0. The lowest BCUT2D eigenvalue weighted by Crippen LogP contribution is -2.48. The fraction of sp³-hybridized carbons (Fsp3) is 0.857. The van der Waals surface area contributed by atoms with E-state index in [-0.39, 0.29) is 5.69 Å². The second kappa shape index (κ2) is 12.5.